The molecule has 16 nitrogen and oxygen atoms in total. The molecule has 5 aromatic carbocycles. The predicted molar refractivity (Wildman–Crippen MR) is 268 cm³/mol. The lowest BCUT2D eigenvalue weighted by Gasteiger charge is -2.36. The van der Waals surface area contributed by atoms with Crippen molar-refractivity contribution in [3.8, 4) is 22.3 Å². The first kappa shape index (κ1) is 45.7. The minimum atomic E-state index is -0.748. The molecule has 358 valence electrons. The lowest BCUT2D eigenvalue weighted by atomic mass is 9.92. The van der Waals surface area contributed by atoms with Gasteiger partial charge in [-0.15, -0.1) is 0 Å². The van der Waals surface area contributed by atoms with Crippen molar-refractivity contribution < 1.29 is 28.4 Å². The average molecular weight is 945 g/mol. The van der Waals surface area contributed by atoms with Crippen LogP contribution in [-0.2, 0) is 28.5 Å². The Hall–Kier alpha value is -8.08. The van der Waals surface area contributed by atoms with E-state index in [1.807, 2.05) is 48.5 Å². The van der Waals surface area contributed by atoms with Crippen molar-refractivity contribution >= 4 is 74.2 Å². The van der Waals surface area contributed by atoms with E-state index in [0.29, 0.717) is 46.7 Å². The Morgan fingerprint density at radius 2 is 1.57 bits per heavy atom. The first-order chi connectivity index (χ1) is 33.8. The normalized spacial score (nSPS) is 16.6. The van der Waals surface area contributed by atoms with Gasteiger partial charge in [0.1, 0.15) is 11.9 Å². The van der Waals surface area contributed by atoms with Crippen molar-refractivity contribution in [1.82, 2.24) is 29.5 Å². The number of halogens is 1. The van der Waals surface area contributed by atoms with Crippen LogP contribution in [0.15, 0.2) is 102 Å². The first-order valence-corrected chi connectivity index (χ1v) is 23.6. The number of hydrogen-bond acceptors (Lipinski definition) is 9. The zero-order chi connectivity index (χ0) is 49.0. The van der Waals surface area contributed by atoms with Crippen molar-refractivity contribution in [2.45, 2.75) is 44.6 Å². The van der Waals surface area contributed by atoms with Crippen LogP contribution in [0.2, 0.25) is 0 Å². The Kier molecular flexibility index (Phi) is 12.0. The minimum absolute atomic E-state index is 0.0347. The largest absolute Gasteiger partial charge is 0.374 e. The number of rotatable bonds is 11. The van der Waals surface area contributed by atoms with Gasteiger partial charge in [0.25, 0.3) is 11.8 Å². The van der Waals surface area contributed by atoms with Gasteiger partial charge in [0, 0.05) is 95.4 Å². The summed E-state index contributed by atoms with van der Waals surface area (Å²) in [6.45, 7) is 2.97. The predicted octanol–water partition coefficient (Wildman–Crippen LogP) is 6.77. The molecule has 3 fully saturated rings. The van der Waals surface area contributed by atoms with Gasteiger partial charge in [-0.2, -0.15) is 5.10 Å². The Labute approximate surface area is 402 Å². The highest BCUT2D eigenvalue weighted by Gasteiger charge is 2.33. The van der Waals surface area contributed by atoms with Crippen molar-refractivity contribution in [3.63, 3.8) is 0 Å². The van der Waals surface area contributed by atoms with Crippen LogP contribution in [0.1, 0.15) is 65.4 Å². The number of nitrogens with zero attached hydrogens (tertiary/aromatic N) is 7. The number of aromatic nitrogens is 4. The number of piperidine rings is 2. The van der Waals surface area contributed by atoms with Gasteiger partial charge in [-0.1, -0.05) is 30.3 Å². The highest BCUT2D eigenvalue weighted by molar-refractivity contribution is 6.13. The van der Waals surface area contributed by atoms with Gasteiger partial charge in [0.2, 0.25) is 17.7 Å². The summed E-state index contributed by atoms with van der Waals surface area (Å²) in [5, 5.41) is 12.2. The van der Waals surface area contributed by atoms with Gasteiger partial charge in [0.15, 0.2) is 5.69 Å². The number of nitrogens with one attached hydrogen (secondary N) is 3. The van der Waals surface area contributed by atoms with Crippen LogP contribution in [0.3, 0.4) is 0 Å². The van der Waals surface area contributed by atoms with Gasteiger partial charge < -0.3 is 25.3 Å². The van der Waals surface area contributed by atoms with Crippen molar-refractivity contribution in [2.24, 2.45) is 20.0 Å². The second-order valence-electron chi connectivity index (χ2n) is 18.5. The van der Waals surface area contributed by atoms with E-state index in [9.17, 15) is 28.8 Å². The van der Waals surface area contributed by atoms with Gasteiger partial charge >= 0.3 is 5.69 Å². The molecule has 5 heterocycles. The fraction of sp³-hybridized carbons (Fsp3) is 0.302. The van der Waals surface area contributed by atoms with E-state index < -0.39 is 23.7 Å². The number of imide groups is 1. The number of hydrogen-bond donors (Lipinski definition) is 3. The third kappa shape index (κ3) is 8.24. The third-order valence-electron chi connectivity index (χ3n) is 14.2. The molecule has 0 saturated carbocycles. The zero-order valence-electron chi connectivity index (χ0n) is 39.4. The number of para-hydroxylation sites is 1. The van der Waals surface area contributed by atoms with Gasteiger partial charge in [0.05, 0.1) is 27.6 Å². The summed E-state index contributed by atoms with van der Waals surface area (Å²) in [5.41, 5.74) is 7.25. The van der Waals surface area contributed by atoms with Crippen LogP contribution >= 0.6 is 0 Å². The summed E-state index contributed by atoms with van der Waals surface area (Å²) in [5.74, 6) is -1.91. The van der Waals surface area contributed by atoms with Crippen LogP contribution in [-0.4, -0.2) is 88.7 Å². The number of aryl methyl sites for hydroxylation is 2. The summed E-state index contributed by atoms with van der Waals surface area (Å²) in [7, 11) is 6.98. The molecule has 5 amide bonds. The number of anilines is 4. The molecule has 0 radical (unpaired) electrons. The number of imidazole rings is 1. The minimum Gasteiger partial charge on any atom is -0.374 e. The molecule has 3 saturated heterocycles. The topological polar surface area (TPSA) is 176 Å². The van der Waals surface area contributed by atoms with Crippen LogP contribution in [0.25, 0.3) is 44.2 Å². The van der Waals surface area contributed by atoms with E-state index in [-0.39, 0.29) is 52.9 Å². The first-order valence-electron chi connectivity index (χ1n) is 23.6. The summed E-state index contributed by atoms with van der Waals surface area (Å²) in [4.78, 5) is 83.6. The zero-order valence-corrected chi connectivity index (χ0v) is 39.4. The van der Waals surface area contributed by atoms with Crippen LogP contribution < -0.4 is 36.3 Å². The maximum atomic E-state index is 17.2. The molecule has 17 heteroatoms. The fourth-order valence-electron chi connectivity index (χ4n) is 10.5. The van der Waals surface area contributed by atoms with E-state index in [4.69, 9.17) is 0 Å². The maximum Gasteiger partial charge on any atom is 0.329 e. The fourth-order valence-corrected chi connectivity index (χ4v) is 10.5. The standard InChI is InChI=1S/C53H53FN10O6/c1-55-50(67)33-8-5-9-34(28-33)56-52(69)48-46-40(61(4)58-48)20-19-38(47(46)54)37-18-17-36(63-25-7-12-45(63)66)29-39(37)32-13-15-35(16-14-32)59(2)30-31-23-26-62(27-24-31)41-10-6-11-42-49(41)60(3)53(70)64(42)43-21-22-44(65)57-51(43)68/h5-6,8-11,13-20,28-29,31,43H,7,12,21-27,30H2,1-4H3,(H,55,67)(H,56,69)(H,57,65,68). The smallest absolute Gasteiger partial charge is 0.329 e. The van der Waals surface area contributed by atoms with E-state index >= 15 is 4.39 Å². The SMILES string of the molecule is CNC(=O)c1cccc(NC(=O)c2nn(C)c3ccc(-c4ccc(N5CCCC5=O)cc4-c4ccc(N(C)CC5CCN(c6cccc7c6n(C)c(=O)n7C6CCC(=O)NC6=O)CC5)cc4)c(F)c23)c1. The molecule has 7 aromatic rings. The van der Waals surface area contributed by atoms with Crippen molar-refractivity contribution in [3.05, 3.63) is 125 Å². The molecule has 1 unspecified atom stereocenters. The molecule has 2 aromatic heterocycles. The number of amides is 5. The van der Waals surface area contributed by atoms with Crippen LogP contribution in [0, 0.1) is 11.7 Å². The highest BCUT2D eigenvalue weighted by Crippen LogP contribution is 2.41. The number of carbonyl (C=O) groups excluding carboxylic acids is 5. The van der Waals surface area contributed by atoms with E-state index in [1.165, 1.54) is 16.3 Å². The number of fused-ring (bicyclic) bond motifs is 2. The molecule has 0 aliphatic carbocycles. The Balaban J connectivity index is 0.889. The Bertz CT molecular complexity index is 3330. The van der Waals surface area contributed by atoms with E-state index in [2.05, 4.69) is 50.0 Å². The highest BCUT2D eigenvalue weighted by atomic mass is 19.1. The Morgan fingerprint density at radius 1 is 0.814 bits per heavy atom. The van der Waals surface area contributed by atoms with Crippen LogP contribution in [0.5, 0.6) is 0 Å². The Morgan fingerprint density at radius 3 is 2.30 bits per heavy atom. The van der Waals surface area contributed by atoms with Gasteiger partial charge in [-0.3, -0.25) is 43.1 Å². The molecule has 3 aliphatic heterocycles. The van der Waals surface area contributed by atoms with E-state index in [0.717, 1.165) is 72.6 Å². The van der Waals surface area contributed by atoms with E-state index in [1.54, 1.807) is 60.0 Å². The van der Waals surface area contributed by atoms with Crippen molar-refractivity contribution in [2.75, 3.05) is 60.3 Å². The lowest BCUT2D eigenvalue weighted by molar-refractivity contribution is -0.135. The molecule has 3 N–H and O–H groups in total. The molecular formula is C53H53FN10O6. The second kappa shape index (κ2) is 18.4. The molecular weight excluding hydrogens is 892 g/mol. The van der Waals surface area contributed by atoms with Gasteiger partial charge in [-0.25, -0.2) is 9.18 Å². The number of benzene rings is 5. The maximum absolute atomic E-state index is 17.2. The van der Waals surface area contributed by atoms with Crippen LogP contribution in [0.4, 0.5) is 27.1 Å². The van der Waals surface area contributed by atoms with Crippen molar-refractivity contribution in [1.29, 1.82) is 0 Å². The van der Waals surface area contributed by atoms with Gasteiger partial charge in [-0.05, 0) is 115 Å². The summed E-state index contributed by atoms with van der Waals surface area (Å²) < 4.78 is 21.8. The lowest BCUT2D eigenvalue weighted by Crippen LogP contribution is -2.44. The average Bonchev–Trinajstić information content (AvgIpc) is 4.04. The quantitative estimate of drug-likeness (QED) is 0.118. The summed E-state index contributed by atoms with van der Waals surface area (Å²) >= 11 is 0. The number of carbonyl (C=O) groups is 5. The molecule has 3 aliphatic rings. The monoisotopic (exact) mass is 944 g/mol. The third-order valence-corrected chi connectivity index (χ3v) is 14.2. The summed E-state index contributed by atoms with van der Waals surface area (Å²) in [6, 6.07) is 28.7. The molecule has 0 spiro atoms. The second-order valence-corrected chi connectivity index (χ2v) is 18.5. The summed E-state index contributed by atoms with van der Waals surface area (Å²) in [6.07, 6.45) is 3.52. The molecule has 70 heavy (non-hydrogen) atoms. The molecule has 10 rings (SSSR count). The molecule has 1 atom stereocenters. The molecule has 0 bridgehead atoms.